The summed E-state index contributed by atoms with van der Waals surface area (Å²) in [5.74, 6) is 1.41. The second kappa shape index (κ2) is 8.99. The molecule has 0 atom stereocenters. The van der Waals surface area contributed by atoms with Crippen molar-refractivity contribution in [3.63, 3.8) is 0 Å². The Morgan fingerprint density at radius 2 is 2.21 bits per heavy atom. The number of aromatic nitrogens is 2. The van der Waals surface area contributed by atoms with E-state index in [1.54, 1.807) is 19.2 Å². The summed E-state index contributed by atoms with van der Waals surface area (Å²) in [6.07, 6.45) is 0.906. The van der Waals surface area contributed by atoms with E-state index in [4.69, 9.17) is 15.0 Å². The second-order valence-corrected chi connectivity index (χ2v) is 5.27. The first-order chi connectivity index (χ1) is 11.7. The summed E-state index contributed by atoms with van der Waals surface area (Å²) in [5.41, 5.74) is 6.11. The third-order valence-corrected chi connectivity index (χ3v) is 3.34. The van der Waals surface area contributed by atoms with Gasteiger partial charge in [0.1, 0.15) is 5.75 Å². The van der Waals surface area contributed by atoms with Gasteiger partial charge in [0, 0.05) is 0 Å². The molecule has 2 rings (SSSR count). The average Bonchev–Trinajstić information content (AvgIpc) is 3.03. The van der Waals surface area contributed by atoms with Gasteiger partial charge in [0.15, 0.2) is 5.82 Å². The van der Waals surface area contributed by atoms with Crippen molar-refractivity contribution in [2.24, 2.45) is 5.73 Å². The van der Waals surface area contributed by atoms with Gasteiger partial charge in [-0.15, -0.1) is 0 Å². The van der Waals surface area contributed by atoms with Crippen molar-refractivity contribution in [3.05, 3.63) is 36.0 Å². The highest BCUT2D eigenvalue weighted by Gasteiger charge is 2.15. The van der Waals surface area contributed by atoms with Crippen LogP contribution in [0, 0.1) is 0 Å². The topological polar surface area (TPSA) is 107 Å². The van der Waals surface area contributed by atoms with Gasteiger partial charge in [0.25, 0.3) is 0 Å². The van der Waals surface area contributed by atoms with Crippen LogP contribution in [0.4, 0.5) is 5.69 Å². The smallest absolute Gasteiger partial charge is 0.240 e. The predicted octanol–water partition coefficient (Wildman–Crippen LogP) is 1.39. The number of nitrogens with two attached hydrogens (primary N) is 1. The Labute approximate surface area is 141 Å². The number of methoxy groups -OCH3 is 1. The molecule has 8 heteroatoms. The monoisotopic (exact) mass is 333 g/mol. The van der Waals surface area contributed by atoms with Crippen LogP contribution >= 0.6 is 0 Å². The van der Waals surface area contributed by atoms with Crippen LogP contribution in [0.3, 0.4) is 0 Å². The molecule has 0 radical (unpaired) electrons. The first kappa shape index (κ1) is 17.9. The minimum atomic E-state index is -0.129. The number of ether oxygens (including phenoxy) is 1. The maximum absolute atomic E-state index is 12.3. The summed E-state index contributed by atoms with van der Waals surface area (Å²) in [6.45, 7) is 3.64. The molecular formula is C16H23N5O3. The van der Waals surface area contributed by atoms with Gasteiger partial charge in [-0.1, -0.05) is 24.2 Å². The van der Waals surface area contributed by atoms with Gasteiger partial charge in [-0.25, -0.2) is 0 Å². The molecule has 0 fully saturated rings. The summed E-state index contributed by atoms with van der Waals surface area (Å²) in [5, 5.41) is 6.73. The lowest BCUT2D eigenvalue weighted by atomic mass is 10.3. The largest absolute Gasteiger partial charge is 0.495 e. The summed E-state index contributed by atoms with van der Waals surface area (Å²) in [7, 11) is 1.57. The first-order valence-electron chi connectivity index (χ1n) is 7.83. The molecule has 0 aliphatic carbocycles. The molecule has 0 aliphatic rings. The van der Waals surface area contributed by atoms with E-state index < -0.39 is 0 Å². The number of benzene rings is 1. The number of amides is 1. The van der Waals surface area contributed by atoms with E-state index in [1.807, 2.05) is 24.0 Å². The quantitative estimate of drug-likeness (QED) is 0.714. The molecule has 1 heterocycles. The van der Waals surface area contributed by atoms with Gasteiger partial charge in [0.05, 0.1) is 32.4 Å². The average molecular weight is 333 g/mol. The summed E-state index contributed by atoms with van der Waals surface area (Å²) in [4.78, 5) is 18.5. The Kier molecular flexibility index (Phi) is 6.71. The zero-order valence-corrected chi connectivity index (χ0v) is 14.0. The maximum atomic E-state index is 12.3. The van der Waals surface area contributed by atoms with E-state index in [0.717, 1.165) is 13.0 Å². The van der Waals surface area contributed by atoms with E-state index >= 15 is 0 Å². The molecule has 0 bridgehead atoms. The van der Waals surface area contributed by atoms with Gasteiger partial charge >= 0.3 is 0 Å². The number of hydrogen-bond acceptors (Lipinski definition) is 7. The number of para-hydroxylation sites is 2. The molecular weight excluding hydrogens is 310 g/mol. The molecule has 2 aromatic rings. The lowest BCUT2D eigenvalue weighted by molar-refractivity contribution is -0.117. The molecule has 3 N–H and O–H groups in total. The molecule has 0 spiro atoms. The molecule has 0 saturated carbocycles. The molecule has 8 nitrogen and oxygen atoms in total. The number of anilines is 1. The highest BCUT2D eigenvalue weighted by Crippen LogP contribution is 2.22. The molecule has 1 aromatic carbocycles. The van der Waals surface area contributed by atoms with Crippen LogP contribution in [0.15, 0.2) is 28.8 Å². The van der Waals surface area contributed by atoms with E-state index in [0.29, 0.717) is 29.7 Å². The normalized spacial score (nSPS) is 10.8. The van der Waals surface area contributed by atoms with Crippen molar-refractivity contribution < 1.29 is 14.1 Å². The lowest BCUT2D eigenvalue weighted by Crippen LogP contribution is -2.33. The number of carbonyl (C=O) groups is 1. The fourth-order valence-corrected chi connectivity index (χ4v) is 2.31. The standard InChI is InChI=1S/C16H23N5O3/c1-3-8-21(10-14-19-16(9-17)24-20-14)11-15(22)18-12-6-4-5-7-13(12)23-2/h4-7H,3,8-11,17H2,1-2H3,(H,18,22). The molecule has 0 unspecified atom stereocenters. The van der Waals surface area contributed by atoms with Gasteiger partial charge in [-0.2, -0.15) is 4.98 Å². The maximum Gasteiger partial charge on any atom is 0.240 e. The van der Waals surface area contributed by atoms with E-state index in [2.05, 4.69) is 15.5 Å². The number of rotatable bonds is 9. The fraction of sp³-hybridized carbons (Fsp3) is 0.438. The van der Waals surface area contributed by atoms with Crippen LogP contribution in [0.25, 0.3) is 0 Å². The fourth-order valence-electron chi connectivity index (χ4n) is 2.31. The minimum absolute atomic E-state index is 0.129. The molecule has 1 amide bonds. The second-order valence-electron chi connectivity index (χ2n) is 5.27. The third kappa shape index (κ3) is 5.04. The van der Waals surface area contributed by atoms with E-state index in [1.165, 1.54) is 0 Å². The molecule has 130 valence electrons. The van der Waals surface area contributed by atoms with Crippen molar-refractivity contribution in [2.45, 2.75) is 26.4 Å². The van der Waals surface area contributed by atoms with E-state index in [-0.39, 0.29) is 19.0 Å². The minimum Gasteiger partial charge on any atom is -0.495 e. The molecule has 0 aliphatic heterocycles. The van der Waals surface area contributed by atoms with Gasteiger partial charge in [0.2, 0.25) is 11.8 Å². The van der Waals surface area contributed by atoms with Gasteiger partial charge in [-0.3, -0.25) is 9.69 Å². The Hall–Kier alpha value is -2.45. The van der Waals surface area contributed by atoms with Gasteiger partial charge in [-0.05, 0) is 25.1 Å². The molecule has 24 heavy (non-hydrogen) atoms. The van der Waals surface area contributed by atoms with Crippen molar-refractivity contribution >= 4 is 11.6 Å². The van der Waals surface area contributed by atoms with Crippen molar-refractivity contribution in [1.29, 1.82) is 0 Å². The first-order valence-corrected chi connectivity index (χ1v) is 7.83. The Morgan fingerprint density at radius 1 is 1.42 bits per heavy atom. The highest BCUT2D eigenvalue weighted by molar-refractivity contribution is 5.93. The number of hydrogen-bond donors (Lipinski definition) is 2. The SMILES string of the molecule is CCCN(CC(=O)Nc1ccccc1OC)Cc1noc(CN)n1. The van der Waals surface area contributed by atoms with Crippen LogP contribution in [0.1, 0.15) is 25.1 Å². The zero-order valence-electron chi connectivity index (χ0n) is 14.0. The molecule has 0 saturated heterocycles. The summed E-state index contributed by atoms with van der Waals surface area (Å²) < 4.78 is 10.2. The van der Waals surface area contributed by atoms with Crippen LogP contribution in [-0.4, -0.2) is 41.1 Å². The van der Waals surface area contributed by atoms with E-state index in [9.17, 15) is 4.79 Å². The number of nitrogens with zero attached hydrogens (tertiary/aromatic N) is 3. The van der Waals surface area contributed by atoms with Crippen LogP contribution in [0.5, 0.6) is 5.75 Å². The zero-order chi connectivity index (χ0) is 17.4. The Morgan fingerprint density at radius 3 is 2.88 bits per heavy atom. The summed E-state index contributed by atoms with van der Waals surface area (Å²) >= 11 is 0. The van der Waals surface area contributed by atoms with Crippen LogP contribution in [-0.2, 0) is 17.9 Å². The van der Waals surface area contributed by atoms with Crippen molar-refractivity contribution in [1.82, 2.24) is 15.0 Å². The van der Waals surface area contributed by atoms with Crippen LogP contribution in [0.2, 0.25) is 0 Å². The van der Waals surface area contributed by atoms with Crippen LogP contribution < -0.4 is 15.8 Å². The van der Waals surface area contributed by atoms with Gasteiger partial charge < -0.3 is 20.3 Å². The molecule has 1 aromatic heterocycles. The number of nitrogens with one attached hydrogen (secondary N) is 1. The lowest BCUT2D eigenvalue weighted by Gasteiger charge is -2.19. The Balaban J connectivity index is 1.97. The van der Waals surface area contributed by atoms with Crippen molar-refractivity contribution in [3.8, 4) is 5.75 Å². The summed E-state index contributed by atoms with van der Waals surface area (Å²) in [6, 6.07) is 7.29. The number of carbonyl (C=O) groups excluding carboxylic acids is 1. The highest BCUT2D eigenvalue weighted by atomic mass is 16.5. The predicted molar refractivity (Wildman–Crippen MR) is 89.4 cm³/mol. The Bertz CT molecular complexity index is 659. The van der Waals surface area contributed by atoms with Crippen molar-refractivity contribution in [2.75, 3.05) is 25.5 Å². The third-order valence-electron chi connectivity index (χ3n) is 3.34.